The number of pyridine rings is 1. The monoisotopic (exact) mass is 381 g/mol. The Morgan fingerprint density at radius 1 is 1.15 bits per heavy atom. The van der Waals surface area contributed by atoms with Crippen LogP contribution in [0.3, 0.4) is 0 Å². The van der Waals surface area contributed by atoms with E-state index in [4.69, 9.17) is 4.98 Å². The van der Waals surface area contributed by atoms with E-state index in [2.05, 4.69) is 29.2 Å². The molecule has 0 saturated heterocycles. The lowest BCUT2D eigenvalue weighted by molar-refractivity contribution is 0.630. The van der Waals surface area contributed by atoms with Gasteiger partial charge in [0.05, 0.1) is 5.69 Å². The van der Waals surface area contributed by atoms with Crippen molar-refractivity contribution < 1.29 is 4.39 Å². The Morgan fingerprint density at radius 3 is 2.74 bits per heavy atom. The van der Waals surface area contributed by atoms with Gasteiger partial charge in [-0.1, -0.05) is 30.4 Å². The van der Waals surface area contributed by atoms with Gasteiger partial charge < -0.3 is 5.32 Å². The van der Waals surface area contributed by atoms with E-state index >= 15 is 0 Å². The first-order chi connectivity index (χ1) is 13.0. The molecule has 138 valence electrons. The van der Waals surface area contributed by atoms with Gasteiger partial charge in [0.2, 0.25) is 0 Å². The first-order valence-corrected chi connectivity index (χ1v) is 9.70. The van der Waals surface area contributed by atoms with E-state index < -0.39 is 0 Å². The fraction of sp³-hybridized carbons (Fsp3) is 0.250. The number of thiazole rings is 1. The Hall–Kier alpha value is -2.80. The molecule has 0 bridgehead atoms. The molecule has 1 atom stereocenters. The van der Waals surface area contributed by atoms with Crippen molar-refractivity contribution in [2.24, 2.45) is 7.05 Å². The number of benzene rings is 1. The fourth-order valence-corrected chi connectivity index (χ4v) is 3.82. The molecule has 4 rings (SSSR count). The number of halogens is 1. The van der Waals surface area contributed by atoms with Gasteiger partial charge in [-0.15, -0.1) is 0 Å². The third-order valence-electron chi connectivity index (χ3n) is 4.47. The highest BCUT2D eigenvalue weighted by Crippen LogP contribution is 2.33. The van der Waals surface area contributed by atoms with Gasteiger partial charge in [-0.05, 0) is 37.6 Å². The molecule has 0 unspecified atom stereocenters. The Balaban J connectivity index is 1.78. The van der Waals surface area contributed by atoms with Crippen molar-refractivity contribution in [3.63, 3.8) is 0 Å². The summed E-state index contributed by atoms with van der Waals surface area (Å²) in [7, 11) is 1.83. The van der Waals surface area contributed by atoms with Crippen LogP contribution >= 0.6 is 11.3 Å². The summed E-state index contributed by atoms with van der Waals surface area (Å²) in [4.78, 5) is 10.2. The second-order valence-corrected chi connectivity index (χ2v) is 7.52. The van der Waals surface area contributed by atoms with Crippen LogP contribution in [0, 0.1) is 5.82 Å². The number of hydrogen-bond donors (Lipinski definition) is 1. The molecule has 0 aliphatic carbocycles. The van der Waals surface area contributed by atoms with Gasteiger partial charge in [0.15, 0.2) is 5.13 Å². The van der Waals surface area contributed by atoms with Crippen LogP contribution in [0.1, 0.15) is 20.3 Å². The molecule has 7 heteroatoms. The van der Waals surface area contributed by atoms with E-state index in [-0.39, 0.29) is 5.82 Å². The molecule has 3 aromatic heterocycles. The standard InChI is InChI=1S/C20H20FN5S/c1-4-12(2)22-20-24-17-10-9-16(23-19(17)27-20)14-11-26(3)25-18(14)13-7-5-6-8-15(13)21/h5-12H,4H2,1-3H3,(H,22,24)/t12-/m1/s1. The molecule has 0 aliphatic heterocycles. The predicted molar refractivity (Wildman–Crippen MR) is 108 cm³/mol. The predicted octanol–water partition coefficient (Wildman–Crippen LogP) is 5.11. The number of aromatic nitrogens is 4. The van der Waals surface area contributed by atoms with E-state index in [1.165, 1.54) is 17.4 Å². The Bertz CT molecular complexity index is 1100. The molecule has 0 aliphatic rings. The molecule has 27 heavy (non-hydrogen) atoms. The second-order valence-electron chi connectivity index (χ2n) is 6.54. The van der Waals surface area contributed by atoms with Gasteiger partial charge >= 0.3 is 0 Å². The number of nitrogens with one attached hydrogen (secondary N) is 1. The van der Waals surface area contributed by atoms with E-state index in [9.17, 15) is 4.39 Å². The number of aryl methyl sites for hydroxylation is 1. The van der Waals surface area contributed by atoms with Gasteiger partial charge in [0.1, 0.15) is 21.9 Å². The van der Waals surface area contributed by atoms with Crippen LogP contribution in [-0.2, 0) is 7.05 Å². The van der Waals surface area contributed by atoms with E-state index in [1.807, 2.05) is 31.4 Å². The minimum Gasteiger partial charge on any atom is -0.359 e. The number of hydrogen-bond acceptors (Lipinski definition) is 5. The molecule has 0 radical (unpaired) electrons. The number of anilines is 1. The topological polar surface area (TPSA) is 55.6 Å². The van der Waals surface area contributed by atoms with Crippen molar-refractivity contribution in [2.45, 2.75) is 26.3 Å². The summed E-state index contributed by atoms with van der Waals surface area (Å²) in [5.74, 6) is -0.295. The van der Waals surface area contributed by atoms with E-state index in [1.54, 1.807) is 16.8 Å². The van der Waals surface area contributed by atoms with Gasteiger partial charge in [0, 0.05) is 30.4 Å². The average Bonchev–Trinajstić information content (AvgIpc) is 3.23. The van der Waals surface area contributed by atoms with Crippen molar-refractivity contribution in [1.82, 2.24) is 19.7 Å². The maximum Gasteiger partial charge on any atom is 0.185 e. The van der Waals surface area contributed by atoms with Crippen LogP contribution in [0.15, 0.2) is 42.6 Å². The van der Waals surface area contributed by atoms with Crippen molar-refractivity contribution in [3.05, 3.63) is 48.4 Å². The SMILES string of the molecule is CC[C@@H](C)Nc1nc2ccc(-c3cn(C)nc3-c3ccccc3F)nc2s1. The zero-order valence-electron chi connectivity index (χ0n) is 15.4. The van der Waals surface area contributed by atoms with Gasteiger partial charge in [-0.2, -0.15) is 5.10 Å². The van der Waals surface area contributed by atoms with Crippen LogP contribution in [0.5, 0.6) is 0 Å². The Kier molecular flexibility index (Phi) is 4.61. The summed E-state index contributed by atoms with van der Waals surface area (Å²) in [6.45, 7) is 4.26. The number of fused-ring (bicyclic) bond motifs is 1. The van der Waals surface area contributed by atoms with Crippen LogP contribution in [-0.4, -0.2) is 25.8 Å². The molecule has 1 aromatic carbocycles. The van der Waals surface area contributed by atoms with Crippen molar-refractivity contribution in [3.8, 4) is 22.5 Å². The highest BCUT2D eigenvalue weighted by Gasteiger charge is 2.17. The lowest BCUT2D eigenvalue weighted by atomic mass is 10.1. The normalized spacial score (nSPS) is 12.4. The van der Waals surface area contributed by atoms with Crippen molar-refractivity contribution in [1.29, 1.82) is 0 Å². The van der Waals surface area contributed by atoms with Gasteiger partial charge in [0.25, 0.3) is 0 Å². The minimum atomic E-state index is -0.295. The molecule has 1 N–H and O–H groups in total. The van der Waals surface area contributed by atoms with Crippen molar-refractivity contribution >= 4 is 26.8 Å². The van der Waals surface area contributed by atoms with Gasteiger partial charge in [-0.25, -0.2) is 14.4 Å². The zero-order chi connectivity index (χ0) is 19.0. The molecule has 5 nitrogen and oxygen atoms in total. The van der Waals surface area contributed by atoms with Crippen LogP contribution in [0.2, 0.25) is 0 Å². The molecule has 0 saturated carbocycles. The Labute approximate surface area is 160 Å². The lowest BCUT2D eigenvalue weighted by Gasteiger charge is -2.08. The molecule has 0 spiro atoms. The highest BCUT2D eigenvalue weighted by atomic mass is 32.1. The highest BCUT2D eigenvalue weighted by molar-refractivity contribution is 7.21. The second kappa shape index (κ2) is 7.08. The zero-order valence-corrected chi connectivity index (χ0v) is 16.2. The summed E-state index contributed by atoms with van der Waals surface area (Å²) >= 11 is 1.53. The molecular formula is C20H20FN5S. The largest absolute Gasteiger partial charge is 0.359 e. The summed E-state index contributed by atoms with van der Waals surface area (Å²) in [5.41, 5.74) is 3.47. The van der Waals surface area contributed by atoms with E-state index in [0.29, 0.717) is 17.3 Å². The van der Waals surface area contributed by atoms with E-state index in [0.717, 1.165) is 33.2 Å². The maximum atomic E-state index is 14.3. The third-order valence-corrected chi connectivity index (χ3v) is 5.37. The molecular weight excluding hydrogens is 361 g/mol. The quantitative estimate of drug-likeness (QED) is 0.522. The van der Waals surface area contributed by atoms with Crippen LogP contribution in [0.4, 0.5) is 9.52 Å². The first-order valence-electron chi connectivity index (χ1n) is 8.88. The third kappa shape index (κ3) is 3.42. The van der Waals surface area contributed by atoms with Crippen LogP contribution < -0.4 is 5.32 Å². The first kappa shape index (κ1) is 17.6. The molecule has 4 aromatic rings. The summed E-state index contributed by atoms with van der Waals surface area (Å²) in [6, 6.07) is 10.9. The summed E-state index contributed by atoms with van der Waals surface area (Å²) in [5, 5.41) is 8.72. The van der Waals surface area contributed by atoms with Crippen LogP contribution in [0.25, 0.3) is 32.9 Å². The fourth-order valence-electron chi connectivity index (χ4n) is 2.87. The Morgan fingerprint density at radius 2 is 1.96 bits per heavy atom. The number of nitrogens with zero attached hydrogens (tertiary/aromatic N) is 4. The van der Waals surface area contributed by atoms with Crippen molar-refractivity contribution in [2.75, 3.05) is 5.32 Å². The summed E-state index contributed by atoms with van der Waals surface area (Å²) < 4.78 is 16.0. The minimum absolute atomic E-state index is 0.295. The molecule has 3 heterocycles. The average molecular weight is 381 g/mol. The lowest BCUT2D eigenvalue weighted by Crippen LogP contribution is -2.12. The smallest absolute Gasteiger partial charge is 0.185 e. The molecule has 0 amide bonds. The molecule has 0 fully saturated rings. The number of rotatable bonds is 5. The van der Waals surface area contributed by atoms with Gasteiger partial charge in [-0.3, -0.25) is 4.68 Å². The summed E-state index contributed by atoms with van der Waals surface area (Å²) in [6.07, 6.45) is 2.89. The maximum absolute atomic E-state index is 14.3.